The van der Waals surface area contributed by atoms with E-state index in [9.17, 15) is 13.2 Å². The van der Waals surface area contributed by atoms with E-state index in [1.807, 2.05) is 20.2 Å². The first-order chi connectivity index (χ1) is 8.93. The first-order valence-electron chi connectivity index (χ1n) is 5.18. The molecule has 0 fully saturated rings. The normalized spacial score (nSPS) is 14.9. The number of rotatable bonds is 2. The van der Waals surface area contributed by atoms with Crippen molar-refractivity contribution >= 4 is 36.1 Å². The first-order valence-corrected chi connectivity index (χ1v) is 7.67. The maximum Gasteiger partial charge on any atom is 0.451 e. The quantitative estimate of drug-likeness (QED) is 0.469. The molecule has 19 heavy (non-hydrogen) atoms. The molecule has 2 heterocycles. The average Bonchev–Trinajstić information content (AvgIpc) is 2.37. The molecular formula is C11H10F3IN4. The minimum absolute atomic E-state index is 0.0239. The van der Waals surface area contributed by atoms with Crippen molar-refractivity contribution in [3.63, 3.8) is 0 Å². The Balaban J connectivity index is 2.60. The van der Waals surface area contributed by atoms with Crippen molar-refractivity contribution in [2.45, 2.75) is 13.1 Å². The molecular weight excluding hydrogens is 372 g/mol. The van der Waals surface area contributed by atoms with Gasteiger partial charge in [-0.15, -0.1) is 0 Å². The van der Waals surface area contributed by atoms with Crippen molar-refractivity contribution in [1.82, 2.24) is 9.97 Å². The number of halogens is 4. The third kappa shape index (κ3) is 3.00. The van der Waals surface area contributed by atoms with Crippen molar-refractivity contribution in [2.24, 2.45) is 5.84 Å². The molecule has 4 nitrogen and oxygen atoms in total. The van der Waals surface area contributed by atoms with Gasteiger partial charge in [0.2, 0.25) is 5.82 Å². The van der Waals surface area contributed by atoms with Crippen molar-refractivity contribution in [3.05, 3.63) is 33.3 Å². The Bertz CT molecular complexity index is 590. The molecule has 2 rings (SSSR count). The minimum atomic E-state index is -4.59. The predicted molar refractivity (Wildman–Crippen MR) is 76.8 cm³/mol. The summed E-state index contributed by atoms with van der Waals surface area (Å²) < 4.78 is 41.9. The van der Waals surface area contributed by atoms with Crippen molar-refractivity contribution < 1.29 is 13.2 Å². The van der Waals surface area contributed by atoms with Gasteiger partial charge in [-0.1, -0.05) is 20.7 Å². The number of aryl methyl sites for hydroxylation is 1. The number of hydrogen-bond acceptors (Lipinski definition) is 4. The van der Waals surface area contributed by atoms with Gasteiger partial charge in [0, 0.05) is 5.56 Å². The molecule has 0 spiro atoms. The molecule has 102 valence electrons. The molecule has 1 aromatic heterocycles. The van der Waals surface area contributed by atoms with E-state index in [2.05, 4.69) is 15.4 Å². The summed E-state index contributed by atoms with van der Waals surface area (Å²) in [6.07, 6.45) is -0.885. The highest BCUT2D eigenvalue weighted by atomic mass is 127. The van der Waals surface area contributed by atoms with Crippen LogP contribution in [-0.4, -0.2) is 14.0 Å². The van der Waals surface area contributed by atoms with Gasteiger partial charge in [-0.3, -0.25) is 0 Å². The molecule has 3 N–H and O–H groups in total. The highest BCUT2D eigenvalue weighted by Crippen LogP contribution is 2.32. The molecule has 8 heteroatoms. The summed E-state index contributed by atoms with van der Waals surface area (Å²) in [6.45, 7) is 1.51. The molecule has 0 bridgehead atoms. The zero-order valence-electron chi connectivity index (χ0n) is 9.79. The van der Waals surface area contributed by atoms with E-state index < -0.39 is 12.0 Å². The fourth-order valence-corrected chi connectivity index (χ4v) is 3.05. The van der Waals surface area contributed by atoms with Crippen LogP contribution in [0, 0.1) is 6.92 Å². The monoisotopic (exact) mass is 382 g/mol. The lowest BCUT2D eigenvalue weighted by Crippen LogP contribution is -2.18. The summed E-state index contributed by atoms with van der Waals surface area (Å²) in [4.78, 5) is 6.96. The Morgan fingerprint density at radius 1 is 1.32 bits per heavy atom. The third-order valence-corrected chi connectivity index (χ3v) is 3.95. The van der Waals surface area contributed by atoms with Crippen LogP contribution in [0.5, 0.6) is 0 Å². The van der Waals surface area contributed by atoms with Crippen LogP contribution in [0.25, 0.3) is 5.57 Å². The Labute approximate surface area is 117 Å². The Morgan fingerprint density at radius 3 is 2.58 bits per heavy atom. The van der Waals surface area contributed by atoms with Gasteiger partial charge in [0.25, 0.3) is 0 Å². The van der Waals surface area contributed by atoms with E-state index in [0.29, 0.717) is 5.56 Å². The molecule has 1 aliphatic heterocycles. The van der Waals surface area contributed by atoms with Gasteiger partial charge >= 0.3 is 6.18 Å². The van der Waals surface area contributed by atoms with Gasteiger partial charge in [0.1, 0.15) is 0 Å². The largest absolute Gasteiger partial charge is 0.451 e. The topological polar surface area (TPSA) is 63.8 Å². The average molecular weight is 382 g/mol. The molecule has 0 aliphatic carbocycles. The van der Waals surface area contributed by atoms with Crippen LogP contribution in [0.2, 0.25) is 0 Å². The van der Waals surface area contributed by atoms with E-state index in [-0.39, 0.29) is 32.2 Å². The minimum Gasteiger partial charge on any atom is -0.308 e. The van der Waals surface area contributed by atoms with Crippen LogP contribution < -0.4 is 11.3 Å². The van der Waals surface area contributed by atoms with Gasteiger partial charge in [-0.25, -0.2) is 15.8 Å². The second-order valence-electron chi connectivity index (χ2n) is 3.66. The summed E-state index contributed by atoms with van der Waals surface area (Å²) in [5.74, 6) is 4.06. The highest BCUT2D eigenvalue weighted by Gasteiger charge is 2.36. The Morgan fingerprint density at radius 2 is 2.05 bits per heavy atom. The molecule has 1 aromatic rings. The number of hydrogen-bond donors (Lipinski definition) is 2. The van der Waals surface area contributed by atoms with E-state index in [1.165, 1.54) is 6.92 Å². The van der Waals surface area contributed by atoms with Crippen LogP contribution in [0.4, 0.5) is 19.0 Å². The number of alkyl halides is 3. The lowest BCUT2D eigenvalue weighted by Gasteiger charge is -2.15. The molecule has 0 saturated heterocycles. The zero-order valence-corrected chi connectivity index (χ0v) is 12.0. The fourth-order valence-electron chi connectivity index (χ4n) is 1.62. The number of nitrogens with two attached hydrogens (primary N) is 1. The van der Waals surface area contributed by atoms with Crippen molar-refractivity contribution in [3.8, 4) is 0 Å². The molecule has 0 saturated carbocycles. The Hall–Kier alpha value is -1.29. The number of nitrogens with one attached hydrogen (secondary N) is 1. The molecule has 0 atom stereocenters. The predicted octanol–water partition coefficient (Wildman–Crippen LogP) is 2.77. The van der Waals surface area contributed by atoms with E-state index >= 15 is 0 Å². The van der Waals surface area contributed by atoms with E-state index in [4.69, 9.17) is 5.84 Å². The number of anilines is 1. The number of hydrazine groups is 1. The van der Waals surface area contributed by atoms with Gasteiger partial charge in [0.05, 0.1) is 5.69 Å². The summed E-state index contributed by atoms with van der Waals surface area (Å²) in [7, 11) is 0. The maximum absolute atomic E-state index is 12.6. The second kappa shape index (κ2) is 5.37. The van der Waals surface area contributed by atoms with Crippen molar-refractivity contribution in [2.75, 3.05) is 5.43 Å². The van der Waals surface area contributed by atoms with Crippen molar-refractivity contribution in [1.29, 1.82) is 0 Å². The first kappa shape index (κ1) is 14.1. The lowest BCUT2D eigenvalue weighted by atomic mass is 10.0. The van der Waals surface area contributed by atoms with Crippen LogP contribution in [0.1, 0.15) is 17.1 Å². The molecule has 0 unspecified atom stereocenters. The summed E-state index contributed by atoms with van der Waals surface area (Å²) in [6, 6.07) is 0. The number of nitrogens with zero attached hydrogens (tertiary/aromatic N) is 2. The number of allylic oxidation sites excluding steroid dienone is 3. The maximum atomic E-state index is 12.6. The smallest absolute Gasteiger partial charge is 0.308 e. The van der Waals surface area contributed by atoms with Gasteiger partial charge in [-0.05, 0) is 32.7 Å². The number of nitrogen functional groups attached to an aromatic ring is 1. The summed E-state index contributed by atoms with van der Waals surface area (Å²) in [5.41, 5.74) is 3.70. The lowest BCUT2D eigenvalue weighted by molar-refractivity contribution is -0.145. The fraction of sp³-hybridized carbons (Fsp3) is 0.182. The SMILES string of the molecule is Cc1nc(C(F)(F)F)nc(NN)c1C1=CC=IC=C1. The number of aromatic nitrogens is 2. The van der Waals surface area contributed by atoms with Crippen LogP contribution >= 0.6 is 20.7 Å². The van der Waals surface area contributed by atoms with Crippen LogP contribution in [-0.2, 0) is 6.18 Å². The van der Waals surface area contributed by atoms with Gasteiger partial charge in [-0.2, -0.15) is 13.2 Å². The summed E-state index contributed by atoms with van der Waals surface area (Å²) in [5, 5.41) is 0. The standard InChI is InChI=1S/C11H10F3IN4/c1-6-8(7-2-4-15-5-3-7)9(19-16)18-10(17-6)11(12,13)14/h2-5H,16H2,1H3,(H,17,18,19). The molecule has 0 aromatic carbocycles. The third-order valence-electron chi connectivity index (χ3n) is 2.40. The van der Waals surface area contributed by atoms with Crippen LogP contribution in [0.15, 0.2) is 16.2 Å². The summed E-state index contributed by atoms with van der Waals surface area (Å²) >= 11 is -0.108. The zero-order chi connectivity index (χ0) is 14.0. The second-order valence-corrected chi connectivity index (χ2v) is 5.82. The van der Waals surface area contributed by atoms with E-state index in [1.54, 1.807) is 0 Å². The van der Waals surface area contributed by atoms with Gasteiger partial charge < -0.3 is 5.43 Å². The molecule has 0 radical (unpaired) electrons. The van der Waals surface area contributed by atoms with Gasteiger partial charge in [0.15, 0.2) is 5.82 Å². The molecule has 0 amide bonds. The highest BCUT2D eigenvalue weighted by molar-refractivity contribution is 14.2. The van der Waals surface area contributed by atoms with Crippen LogP contribution in [0.3, 0.4) is 0 Å². The van der Waals surface area contributed by atoms with E-state index in [0.717, 1.165) is 5.57 Å². The molecule has 1 aliphatic rings. The Kier molecular flexibility index (Phi) is 3.99.